The molecule has 2 aliphatic heterocycles. The molecule has 0 bridgehead atoms. The van der Waals surface area contributed by atoms with Crippen molar-refractivity contribution < 1.29 is 4.74 Å². The summed E-state index contributed by atoms with van der Waals surface area (Å²) in [6, 6.07) is 1.68. The molecule has 0 radical (unpaired) electrons. The van der Waals surface area contributed by atoms with Crippen LogP contribution < -0.4 is 5.73 Å². The summed E-state index contributed by atoms with van der Waals surface area (Å²) in [7, 11) is 0. The third kappa shape index (κ3) is 3.65. The first-order valence-corrected chi connectivity index (χ1v) is 6.98. The van der Waals surface area contributed by atoms with Crippen molar-refractivity contribution in [2.24, 2.45) is 5.73 Å². The van der Waals surface area contributed by atoms with Gasteiger partial charge in [-0.25, -0.2) is 0 Å². The van der Waals surface area contributed by atoms with Crippen molar-refractivity contribution in [2.75, 3.05) is 39.4 Å². The minimum absolute atomic E-state index is 0.312. The van der Waals surface area contributed by atoms with E-state index in [-0.39, 0.29) is 0 Å². The first-order chi connectivity index (χ1) is 8.16. The van der Waals surface area contributed by atoms with Crippen LogP contribution in [-0.4, -0.2) is 67.3 Å². The number of ether oxygens (including phenoxy) is 1. The Bertz CT molecular complexity index is 229. The highest BCUT2D eigenvalue weighted by atomic mass is 16.5. The lowest BCUT2D eigenvalue weighted by Crippen LogP contribution is -2.45. The Balaban J connectivity index is 1.78. The zero-order valence-corrected chi connectivity index (χ0v) is 11.3. The molecule has 3 atom stereocenters. The maximum atomic E-state index is 5.88. The summed E-state index contributed by atoms with van der Waals surface area (Å²) in [6.45, 7) is 10.9. The second-order valence-electron chi connectivity index (χ2n) is 5.65. The van der Waals surface area contributed by atoms with Gasteiger partial charge >= 0.3 is 0 Å². The van der Waals surface area contributed by atoms with Crippen molar-refractivity contribution in [3.8, 4) is 0 Å². The van der Waals surface area contributed by atoms with E-state index in [0.29, 0.717) is 12.1 Å². The highest BCUT2D eigenvalue weighted by molar-refractivity contribution is 4.87. The summed E-state index contributed by atoms with van der Waals surface area (Å²) in [6.07, 6.45) is 2.42. The lowest BCUT2D eigenvalue weighted by Gasteiger charge is -2.33. The molecule has 2 saturated heterocycles. The highest BCUT2D eigenvalue weighted by Crippen LogP contribution is 2.20. The molecule has 2 heterocycles. The molecule has 0 aromatic rings. The summed E-state index contributed by atoms with van der Waals surface area (Å²) in [4.78, 5) is 5.20. The van der Waals surface area contributed by atoms with E-state index >= 15 is 0 Å². The molecule has 4 heteroatoms. The van der Waals surface area contributed by atoms with Crippen LogP contribution in [0, 0.1) is 0 Å². The minimum atomic E-state index is 0.312. The van der Waals surface area contributed by atoms with Gasteiger partial charge in [0.2, 0.25) is 0 Å². The lowest BCUT2D eigenvalue weighted by molar-refractivity contribution is 0.0176. The van der Waals surface area contributed by atoms with Crippen molar-refractivity contribution >= 4 is 0 Å². The Labute approximate surface area is 105 Å². The zero-order valence-electron chi connectivity index (χ0n) is 11.3. The molecule has 4 nitrogen and oxygen atoms in total. The second kappa shape index (κ2) is 6.14. The average Bonchev–Trinajstić information content (AvgIpc) is 2.78. The van der Waals surface area contributed by atoms with Gasteiger partial charge in [-0.05, 0) is 26.7 Å². The van der Waals surface area contributed by atoms with Gasteiger partial charge in [-0.1, -0.05) is 0 Å². The number of nitrogens with two attached hydrogens (primary N) is 1. The summed E-state index contributed by atoms with van der Waals surface area (Å²) in [5, 5.41) is 0. The number of likely N-dealkylation sites (tertiary alicyclic amines) is 1. The topological polar surface area (TPSA) is 41.7 Å². The van der Waals surface area contributed by atoms with Crippen molar-refractivity contribution in [3.05, 3.63) is 0 Å². The van der Waals surface area contributed by atoms with Crippen LogP contribution in [0.1, 0.15) is 26.7 Å². The van der Waals surface area contributed by atoms with Gasteiger partial charge in [-0.3, -0.25) is 9.80 Å². The molecule has 2 aliphatic rings. The normalized spacial score (nSPS) is 31.6. The molecular weight excluding hydrogens is 214 g/mol. The first-order valence-electron chi connectivity index (χ1n) is 6.98. The fourth-order valence-corrected chi connectivity index (χ4v) is 3.10. The van der Waals surface area contributed by atoms with Crippen LogP contribution in [0.2, 0.25) is 0 Å². The third-order valence-electron chi connectivity index (χ3n) is 4.09. The van der Waals surface area contributed by atoms with Crippen LogP contribution in [0.15, 0.2) is 0 Å². The standard InChI is InChI=1S/C13H27N3O/c1-11(14)9-12(2)16-4-3-13(10-16)15-5-7-17-8-6-15/h11-13H,3-10,14H2,1-2H3. The maximum absolute atomic E-state index is 5.88. The summed E-state index contributed by atoms with van der Waals surface area (Å²) < 4.78 is 5.41. The van der Waals surface area contributed by atoms with Crippen LogP contribution in [0.5, 0.6) is 0 Å². The smallest absolute Gasteiger partial charge is 0.0594 e. The minimum Gasteiger partial charge on any atom is -0.379 e. The fourth-order valence-electron chi connectivity index (χ4n) is 3.10. The molecule has 17 heavy (non-hydrogen) atoms. The van der Waals surface area contributed by atoms with Gasteiger partial charge in [0, 0.05) is 44.3 Å². The summed E-state index contributed by atoms with van der Waals surface area (Å²) in [5.74, 6) is 0. The fraction of sp³-hybridized carbons (Fsp3) is 1.00. The second-order valence-corrected chi connectivity index (χ2v) is 5.65. The number of nitrogens with zero attached hydrogens (tertiary/aromatic N) is 2. The molecule has 2 fully saturated rings. The molecule has 0 amide bonds. The van der Waals surface area contributed by atoms with Crippen LogP contribution in [0.3, 0.4) is 0 Å². The van der Waals surface area contributed by atoms with E-state index < -0.39 is 0 Å². The van der Waals surface area contributed by atoms with Gasteiger partial charge in [-0.2, -0.15) is 0 Å². The van der Waals surface area contributed by atoms with Crippen molar-refractivity contribution in [1.82, 2.24) is 9.80 Å². The molecule has 0 aliphatic carbocycles. The Morgan fingerprint density at radius 2 is 1.94 bits per heavy atom. The number of hydrogen-bond donors (Lipinski definition) is 1. The maximum Gasteiger partial charge on any atom is 0.0594 e. The summed E-state index contributed by atoms with van der Waals surface area (Å²) in [5.41, 5.74) is 5.88. The molecule has 2 rings (SSSR count). The predicted molar refractivity (Wildman–Crippen MR) is 70.1 cm³/mol. The van der Waals surface area contributed by atoms with Crippen LogP contribution >= 0.6 is 0 Å². The molecule has 0 aromatic carbocycles. The SMILES string of the molecule is CC(N)CC(C)N1CCC(N2CCOCC2)C1. The predicted octanol–water partition coefficient (Wildman–Crippen LogP) is 0.519. The lowest BCUT2D eigenvalue weighted by atomic mass is 10.1. The van der Waals surface area contributed by atoms with Crippen molar-refractivity contribution in [3.63, 3.8) is 0 Å². The van der Waals surface area contributed by atoms with Crippen molar-refractivity contribution in [1.29, 1.82) is 0 Å². The number of morpholine rings is 1. The van der Waals surface area contributed by atoms with E-state index in [1.807, 2.05) is 0 Å². The molecule has 0 aromatic heterocycles. The third-order valence-corrected chi connectivity index (χ3v) is 4.09. The van der Waals surface area contributed by atoms with Gasteiger partial charge < -0.3 is 10.5 Å². The molecule has 2 N–H and O–H groups in total. The van der Waals surface area contributed by atoms with Crippen LogP contribution in [-0.2, 0) is 4.74 Å². The van der Waals surface area contributed by atoms with E-state index in [4.69, 9.17) is 10.5 Å². The summed E-state index contributed by atoms with van der Waals surface area (Å²) >= 11 is 0. The largest absolute Gasteiger partial charge is 0.379 e. The van der Waals surface area contributed by atoms with E-state index in [9.17, 15) is 0 Å². The van der Waals surface area contributed by atoms with Crippen LogP contribution in [0.25, 0.3) is 0 Å². The Morgan fingerprint density at radius 3 is 2.59 bits per heavy atom. The van der Waals surface area contributed by atoms with Crippen LogP contribution in [0.4, 0.5) is 0 Å². The van der Waals surface area contributed by atoms with E-state index in [1.54, 1.807) is 0 Å². The van der Waals surface area contributed by atoms with Crippen molar-refractivity contribution in [2.45, 2.75) is 44.8 Å². The molecule has 0 spiro atoms. The monoisotopic (exact) mass is 241 g/mol. The van der Waals surface area contributed by atoms with E-state index in [1.165, 1.54) is 19.5 Å². The number of rotatable bonds is 4. The van der Waals surface area contributed by atoms with Gasteiger partial charge in [0.15, 0.2) is 0 Å². The van der Waals surface area contributed by atoms with E-state index in [2.05, 4.69) is 23.6 Å². The Hall–Kier alpha value is -0.160. The first kappa shape index (κ1) is 13.3. The quantitative estimate of drug-likeness (QED) is 0.779. The Morgan fingerprint density at radius 1 is 1.24 bits per heavy atom. The molecular formula is C13H27N3O. The molecule has 0 saturated carbocycles. The van der Waals surface area contributed by atoms with Gasteiger partial charge in [0.05, 0.1) is 13.2 Å². The molecule has 100 valence electrons. The molecule has 3 unspecified atom stereocenters. The average molecular weight is 241 g/mol. The number of hydrogen-bond acceptors (Lipinski definition) is 4. The zero-order chi connectivity index (χ0) is 12.3. The van der Waals surface area contributed by atoms with Gasteiger partial charge in [0.1, 0.15) is 0 Å². The van der Waals surface area contributed by atoms with Gasteiger partial charge in [0.25, 0.3) is 0 Å². The van der Waals surface area contributed by atoms with Gasteiger partial charge in [-0.15, -0.1) is 0 Å². The Kier molecular flexibility index (Phi) is 4.79. The van der Waals surface area contributed by atoms with E-state index in [0.717, 1.165) is 38.8 Å². The highest BCUT2D eigenvalue weighted by Gasteiger charge is 2.30.